The average Bonchev–Trinajstić information content (AvgIpc) is 2.46. The van der Waals surface area contributed by atoms with E-state index in [1.165, 1.54) is 0 Å². The van der Waals surface area contributed by atoms with Gasteiger partial charge in [-0.05, 0) is 24.7 Å². The van der Waals surface area contributed by atoms with Crippen molar-refractivity contribution in [1.82, 2.24) is 10.2 Å². The molecule has 1 aromatic rings. The van der Waals surface area contributed by atoms with E-state index in [9.17, 15) is 9.59 Å². The molecule has 0 aromatic heterocycles. The highest BCUT2D eigenvalue weighted by molar-refractivity contribution is 6.34. The molecule has 4 N–H and O–H groups in total. The van der Waals surface area contributed by atoms with E-state index in [1.807, 2.05) is 11.8 Å². The number of nitrogens with two attached hydrogens (primary N) is 1. The van der Waals surface area contributed by atoms with Gasteiger partial charge < -0.3 is 16.4 Å². The number of hydrogen-bond acceptors (Lipinski definition) is 4. The average molecular weight is 313 g/mol. The van der Waals surface area contributed by atoms with Crippen LogP contribution in [0.5, 0.6) is 0 Å². The molecule has 0 unspecified atom stereocenters. The number of carbonyl (C=O) groups excluding carboxylic acids is 2. The number of nitrogens with zero attached hydrogens (tertiary/aromatic N) is 1. The Hall–Kier alpha value is -1.79. The Morgan fingerprint density at radius 1 is 1.33 bits per heavy atom. The van der Waals surface area contributed by atoms with Gasteiger partial charge in [0.25, 0.3) is 0 Å². The number of hydrogen-bond donors (Lipinski definition) is 3. The number of nitrogen functional groups attached to an aromatic ring is 1. The Labute approximate surface area is 129 Å². The van der Waals surface area contributed by atoms with E-state index in [0.717, 1.165) is 0 Å². The molecule has 0 radical (unpaired) electrons. The largest absolute Gasteiger partial charge is 0.399 e. The predicted molar refractivity (Wildman–Crippen MR) is 85.3 cm³/mol. The molecule has 0 aliphatic carbocycles. The van der Waals surface area contributed by atoms with Crippen LogP contribution in [-0.2, 0) is 9.59 Å². The zero-order valence-corrected chi connectivity index (χ0v) is 13.0. The van der Waals surface area contributed by atoms with Crippen LogP contribution in [0, 0.1) is 0 Å². The molecule has 1 rings (SSSR count). The maximum Gasteiger partial charge on any atom is 0.233 e. The van der Waals surface area contributed by atoms with Crippen LogP contribution in [0.4, 0.5) is 11.4 Å². The zero-order valence-electron chi connectivity index (χ0n) is 12.3. The van der Waals surface area contributed by atoms with Crippen LogP contribution in [0.15, 0.2) is 18.2 Å². The third-order valence-corrected chi connectivity index (χ3v) is 3.33. The molecule has 116 valence electrons. The molecule has 0 saturated heterocycles. The van der Waals surface area contributed by atoms with Crippen LogP contribution in [0.1, 0.15) is 13.3 Å². The quantitative estimate of drug-likeness (QED) is 0.663. The van der Waals surface area contributed by atoms with Crippen molar-refractivity contribution >= 4 is 34.8 Å². The summed E-state index contributed by atoms with van der Waals surface area (Å²) in [7, 11) is 1.59. The Morgan fingerprint density at radius 2 is 2.05 bits per heavy atom. The lowest BCUT2D eigenvalue weighted by Gasteiger charge is -2.19. The summed E-state index contributed by atoms with van der Waals surface area (Å²) >= 11 is 5.99. The molecular weight excluding hydrogens is 292 g/mol. The van der Waals surface area contributed by atoms with Crippen molar-refractivity contribution in [2.45, 2.75) is 13.3 Å². The third kappa shape index (κ3) is 6.01. The number of halogens is 1. The number of benzene rings is 1. The first kappa shape index (κ1) is 17.3. The first-order valence-corrected chi connectivity index (χ1v) is 7.11. The molecule has 0 atom stereocenters. The van der Waals surface area contributed by atoms with E-state index in [-0.39, 0.29) is 24.8 Å². The lowest BCUT2D eigenvalue weighted by Crippen LogP contribution is -2.37. The molecule has 0 bridgehead atoms. The SMILES string of the molecule is CCN(CCC(=O)Nc1ccc(N)cc1Cl)CC(=O)NC. The normalized spacial score (nSPS) is 10.5. The number of nitrogens with one attached hydrogen (secondary N) is 2. The predicted octanol–water partition coefficient (Wildman–Crippen LogP) is 1.32. The second-order valence-corrected chi connectivity index (χ2v) is 4.99. The minimum Gasteiger partial charge on any atom is -0.399 e. The van der Waals surface area contributed by atoms with Crippen molar-refractivity contribution in [2.24, 2.45) is 0 Å². The number of likely N-dealkylation sites (N-methyl/N-ethyl adjacent to an activating group) is 2. The fraction of sp³-hybridized carbons (Fsp3) is 0.429. The van der Waals surface area contributed by atoms with Gasteiger partial charge in [0, 0.05) is 25.7 Å². The van der Waals surface area contributed by atoms with Gasteiger partial charge in [-0.1, -0.05) is 18.5 Å². The van der Waals surface area contributed by atoms with Gasteiger partial charge in [-0.15, -0.1) is 0 Å². The number of anilines is 2. The Kier molecular flexibility index (Phi) is 6.98. The van der Waals surface area contributed by atoms with E-state index in [1.54, 1.807) is 25.2 Å². The second kappa shape index (κ2) is 8.49. The van der Waals surface area contributed by atoms with Gasteiger partial charge in [0.05, 0.1) is 17.3 Å². The summed E-state index contributed by atoms with van der Waals surface area (Å²) in [6.45, 7) is 3.42. The molecular formula is C14H21ClN4O2. The topological polar surface area (TPSA) is 87.5 Å². The summed E-state index contributed by atoms with van der Waals surface area (Å²) < 4.78 is 0. The molecule has 0 saturated carbocycles. The van der Waals surface area contributed by atoms with Crippen LogP contribution >= 0.6 is 11.6 Å². The van der Waals surface area contributed by atoms with Gasteiger partial charge >= 0.3 is 0 Å². The minimum absolute atomic E-state index is 0.0705. The summed E-state index contributed by atoms with van der Waals surface area (Å²) in [5.41, 5.74) is 6.67. The van der Waals surface area contributed by atoms with Gasteiger partial charge in [0.15, 0.2) is 0 Å². The minimum atomic E-state index is -0.156. The highest BCUT2D eigenvalue weighted by Gasteiger charge is 2.11. The number of rotatable bonds is 7. The van der Waals surface area contributed by atoms with Crippen molar-refractivity contribution in [3.05, 3.63) is 23.2 Å². The van der Waals surface area contributed by atoms with Gasteiger partial charge in [-0.25, -0.2) is 0 Å². The first-order valence-electron chi connectivity index (χ1n) is 6.74. The van der Waals surface area contributed by atoms with E-state index in [4.69, 9.17) is 17.3 Å². The van der Waals surface area contributed by atoms with Crippen molar-refractivity contribution < 1.29 is 9.59 Å². The third-order valence-electron chi connectivity index (χ3n) is 3.02. The summed E-state index contributed by atoms with van der Waals surface area (Å²) in [5, 5.41) is 5.69. The standard InChI is InChI=1S/C14H21ClN4O2/c1-3-19(9-14(21)17-2)7-6-13(20)18-12-5-4-10(16)8-11(12)15/h4-5,8H,3,6-7,9,16H2,1-2H3,(H,17,21)(H,18,20). The van der Waals surface area contributed by atoms with Gasteiger partial charge in [0.2, 0.25) is 11.8 Å². The summed E-state index contributed by atoms with van der Waals surface area (Å²) in [6, 6.07) is 4.92. The molecule has 0 heterocycles. The fourth-order valence-electron chi connectivity index (χ4n) is 1.74. The van der Waals surface area contributed by atoms with Crippen molar-refractivity contribution in [2.75, 3.05) is 37.7 Å². The molecule has 0 aliphatic heterocycles. The first-order chi connectivity index (χ1) is 9.96. The fourth-order valence-corrected chi connectivity index (χ4v) is 1.97. The Morgan fingerprint density at radius 3 is 2.62 bits per heavy atom. The molecule has 1 aromatic carbocycles. The van der Waals surface area contributed by atoms with Crippen LogP contribution in [0.25, 0.3) is 0 Å². The van der Waals surface area contributed by atoms with Gasteiger partial charge in [-0.2, -0.15) is 0 Å². The molecule has 7 heteroatoms. The van der Waals surface area contributed by atoms with Crippen LogP contribution in [0.3, 0.4) is 0 Å². The van der Waals surface area contributed by atoms with Crippen molar-refractivity contribution in [3.63, 3.8) is 0 Å². The molecule has 6 nitrogen and oxygen atoms in total. The van der Waals surface area contributed by atoms with Crippen molar-refractivity contribution in [3.8, 4) is 0 Å². The summed E-state index contributed by atoms with van der Waals surface area (Å²) in [4.78, 5) is 25.1. The molecule has 0 spiro atoms. The van der Waals surface area contributed by atoms with Crippen molar-refractivity contribution in [1.29, 1.82) is 0 Å². The van der Waals surface area contributed by atoms with Crippen LogP contribution in [0.2, 0.25) is 5.02 Å². The second-order valence-electron chi connectivity index (χ2n) is 4.58. The zero-order chi connectivity index (χ0) is 15.8. The Balaban J connectivity index is 2.47. The Bertz CT molecular complexity index is 508. The van der Waals surface area contributed by atoms with Crippen LogP contribution < -0.4 is 16.4 Å². The molecule has 0 fully saturated rings. The summed E-state index contributed by atoms with van der Waals surface area (Å²) in [5.74, 6) is -0.226. The highest BCUT2D eigenvalue weighted by Crippen LogP contribution is 2.24. The van der Waals surface area contributed by atoms with E-state index in [2.05, 4.69) is 10.6 Å². The molecule has 21 heavy (non-hydrogen) atoms. The van der Waals surface area contributed by atoms with E-state index >= 15 is 0 Å². The lowest BCUT2D eigenvalue weighted by molar-refractivity contribution is -0.122. The maximum absolute atomic E-state index is 11.9. The molecule has 0 aliphatic rings. The highest BCUT2D eigenvalue weighted by atomic mass is 35.5. The lowest BCUT2D eigenvalue weighted by atomic mass is 10.2. The van der Waals surface area contributed by atoms with Gasteiger partial charge in [0.1, 0.15) is 0 Å². The number of amides is 2. The maximum atomic E-state index is 11.9. The summed E-state index contributed by atoms with van der Waals surface area (Å²) in [6.07, 6.45) is 0.283. The molecule has 2 amide bonds. The monoisotopic (exact) mass is 312 g/mol. The smallest absolute Gasteiger partial charge is 0.233 e. The van der Waals surface area contributed by atoms with E-state index in [0.29, 0.717) is 29.5 Å². The number of carbonyl (C=O) groups is 2. The van der Waals surface area contributed by atoms with E-state index < -0.39 is 0 Å². The van der Waals surface area contributed by atoms with Gasteiger partial charge in [-0.3, -0.25) is 14.5 Å². The van der Waals surface area contributed by atoms with Crippen LogP contribution in [-0.4, -0.2) is 43.4 Å².